The predicted molar refractivity (Wildman–Crippen MR) is 128 cm³/mol. The third-order valence-corrected chi connectivity index (χ3v) is 5.01. The van der Waals surface area contributed by atoms with Crippen LogP contribution in [0.25, 0.3) is 0 Å². The van der Waals surface area contributed by atoms with E-state index in [4.69, 9.17) is 10.5 Å². The Morgan fingerprint density at radius 3 is 2.21 bits per heavy atom. The number of non-ortho nitro benzene ring substituents is 1. The Kier molecular flexibility index (Phi) is 8.31. The molecule has 0 radical (unpaired) electrons. The smallest absolute Gasteiger partial charge is 0.269 e. The van der Waals surface area contributed by atoms with Crippen LogP contribution in [-0.4, -0.2) is 36.3 Å². The van der Waals surface area contributed by atoms with Gasteiger partial charge in [-0.25, -0.2) is 0 Å². The van der Waals surface area contributed by atoms with Crippen LogP contribution in [0.2, 0.25) is 0 Å². The first-order chi connectivity index (χ1) is 16.0. The van der Waals surface area contributed by atoms with Crippen LogP contribution in [0.4, 0.5) is 22.7 Å². The van der Waals surface area contributed by atoms with E-state index in [9.17, 15) is 15.2 Å². The van der Waals surface area contributed by atoms with Gasteiger partial charge in [-0.15, -0.1) is 0 Å². The summed E-state index contributed by atoms with van der Waals surface area (Å²) in [4.78, 5) is 12.4. The zero-order valence-electron chi connectivity index (χ0n) is 18.4. The van der Waals surface area contributed by atoms with Crippen molar-refractivity contribution in [2.75, 3.05) is 31.1 Å². The summed E-state index contributed by atoms with van der Waals surface area (Å²) in [5.74, 6) is 0.570. The molecule has 0 aliphatic heterocycles. The molecule has 0 unspecified atom stereocenters. The largest absolute Gasteiger partial charge is 0.504 e. The number of rotatable bonds is 11. The molecular weight excluding hydrogens is 422 g/mol. The topological polar surface area (TPSA) is 127 Å². The zero-order valence-corrected chi connectivity index (χ0v) is 18.4. The molecular formula is C24H27N5O4. The lowest BCUT2D eigenvalue weighted by molar-refractivity contribution is -0.384. The molecule has 0 saturated heterocycles. The second kappa shape index (κ2) is 11.6. The Balaban J connectivity index is 1.55. The third-order valence-electron chi connectivity index (χ3n) is 5.01. The van der Waals surface area contributed by atoms with Gasteiger partial charge in [0.15, 0.2) is 11.5 Å². The fourth-order valence-corrected chi connectivity index (χ4v) is 3.23. The Hall–Kier alpha value is -3.98. The van der Waals surface area contributed by atoms with Crippen molar-refractivity contribution in [2.24, 2.45) is 16.0 Å². The molecule has 9 heteroatoms. The molecule has 0 heterocycles. The molecule has 0 amide bonds. The highest BCUT2D eigenvalue weighted by molar-refractivity contribution is 5.53. The summed E-state index contributed by atoms with van der Waals surface area (Å²) in [5.41, 5.74) is 8.76. The second-order valence-electron chi connectivity index (χ2n) is 7.26. The van der Waals surface area contributed by atoms with E-state index < -0.39 is 4.92 Å². The summed E-state index contributed by atoms with van der Waals surface area (Å²) in [6.07, 6.45) is 0.709. The molecule has 0 bridgehead atoms. The number of nitro benzene ring substituents is 1. The summed E-state index contributed by atoms with van der Waals surface area (Å²) in [5, 5.41) is 29.1. The number of hydrogen-bond donors (Lipinski definition) is 2. The van der Waals surface area contributed by atoms with Gasteiger partial charge in [-0.3, -0.25) is 10.1 Å². The highest BCUT2D eigenvalue weighted by Crippen LogP contribution is 2.27. The first-order valence-electron chi connectivity index (χ1n) is 10.7. The average molecular weight is 450 g/mol. The van der Waals surface area contributed by atoms with E-state index in [1.807, 2.05) is 30.3 Å². The normalized spacial score (nSPS) is 11.0. The zero-order chi connectivity index (χ0) is 23.6. The van der Waals surface area contributed by atoms with Crippen LogP contribution < -0.4 is 15.4 Å². The van der Waals surface area contributed by atoms with Gasteiger partial charge in [-0.05, 0) is 74.0 Å². The van der Waals surface area contributed by atoms with E-state index in [2.05, 4.69) is 22.1 Å². The molecule has 3 rings (SSSR count). The number of phenolic OH excluding ortho intramolecular Hbond substituents is 1. The summed E-state index contributed by atoms with van der Waals surface area (Å²) >= 11 is 0. The van der Waals surface area contributed by atoms with E-state index in [-0.39, 0.29) is 11.4 Å². The lowest BCUT2D eigenvalue weighted by Crippen LogP contribution is -2.27. The minimum absolute atomic E-state index is 0.0146. The first kappa shape index (κ1) is 23.7. The van der Waals surface area contributed by atoms with E-state index in [0.717, 1.165) is 17.8 Å². The molecule has 0 aromatic heterocycles. The molecule has 172 valence electrons. The molecule has 3 N–H and O–H groups in total. The Morgan fingerprint density at radius 2 is 1.67 bits per heavy atom. The number of benzene rings is 3. The summed E-state index contributed by atoms with van der Waals surface area (Å²) in [6, 6.07) is 18.9. The number of likely N-dealkylation sites (N-methyl/N-ethyl adjacent to an activating group) is 1. The summed E-state index contributed by atoms with van der Waals surface area (Å²) in [7, 11) is 0. The average Bonchev–Trinajstić information content (AvgIpc) is 2.82. The van der Waals surface area contributed by atoms with Gasteiger partial charge in [0.05, 0.1) is 22.8 Å². The van der Waals surface area contributed by atoms with Crippen LogP contribution in [0.1, 0.15) is 12.5 Å². The number of azo groups is 1. The number of nitrogens with two attached hydrogens (primary N) is 1. The van der Waals surface area contributed by atoms with E-state index in [1.165, 1.54) is 12.1 Å². The molecule has 0 atom stereocenters. The fraction of sp³-hybridized carbons (Fsp3) is 0.250. The van der Waals surface area contributed by atoms with E-state index in [1.54, 1.807) is 24.3 Å². The minimum Gasteiger partial charge on any atom is -0.504 e. The monoisotopic (exact) mass is 449 g/mol. The maximum absolute atomic E-state index is 10.7. The predicted octanol–water partition coefficient (Wildman–Crippen LogP) is 5.12. The van der Waals surface area contributed by atoms with E-state index >= 15 is 0 Å². The molecule has 33 heavy (non-hydrogen) atoms. The quantitative estimate of drug-likeness (QED) is 0.238. The van der Waals surface area contributed by atoms with Gasteiger partial charge in [0.2, 0.25) is 0 Å². The minimum atomic E-state index is -0.452. The Bertz CT molecular complexity index is 1090. The number of ether oxygens (including phenoxy) is 1. The molecule has 3 aromatic rings. The van der Waals surface area contributed by atoms with E-state index in [0.29, 0.717) is 43.2 Å². The molecule has 3 aromatic carbocycles. The number of anilines is 1. The van der Waals surface area contributed by atoms with Gasteiger partial charge >= 0.3 is 0 Å². The van der Waals surface area contributed by atoms with Crippen molar-refractivity contribution in [1.29, 1.82) is 0 Å². The van der Waals surface area contributed by atoms with Gasteiger partial charge in [0.1, 0.15) is 6.61 Å². The highest BCUT2D eigenvalue weighted by Gasteiger charge is 2.08. The van der Waals surface area contributed by atoms with Gasteiger partial charge in [0, 0.05) is 24.4 Å². The molecule has 0 fully saturated rings. The van der Waals surface area contributed by atoms with Crippen molar-refractivity contribution < 1.29 is 14.8 Å². The second-order valence-corrected chi connectivity index (χ2v) is 7.26. The van der Waals surface area contributed by atoms with Crippen molar-refractivity contribution in [2.45, 2.75) is 13.3 Å². The fourth-order valence-electron chi connectivity index (χ4n) is 3.23. The Morgan fingerprint density at radius 1 is 1.03 bits per heavy atom. The number of nitrogens with zero attached hydrogens (tertiary/aromatic N) is 4. The van der Waals surface area contributed by atoms with Crippen molar-refractivity contribution in [3.63, 3.8) is 0 Å². The standard InChI is InChI=1S/C24H27N5O4/c1-2-28(15-16-33-24-12-3-18(13-14-25)17-23(24)30)21-8-4-19(5-9-21)26-27-20-6-10-22(11-7-20)29(31)32/h3-12,17,30H,2,13-16,25H2,1H3. The van der Waals surface area contributed by atoms with Gasteiger partial charge in [-0.1, -0.05) is 6.07 Å². The van der Waals surface area contributed by atoms with Crippen molar-refractivity contribution in [1.82, 2.24) is 0 Å². The third kappa shape index (κ3) is 6.75. The van der Waals surface area contributed by atoms with Crippen LogP contribution in [0.5, 0.6) is 11.5 Å². The van der Waals surface area contributed by atoms with Crippen LogP contribution in [0.3, 0.4) is 0 Å². The molecule has 9 nitrogen and oxygen atoms in total. The van der Waals surface area contributed by atoms with Gasteiger partial charge in [-0.2, -0.15) is 10.2 Å². The number of nitro groups is 1. The van der Waals surface area contributed by atoms with Crippen molar-refractivity contribution in [3.8, 4) is 11.5 Å². The van der Waals surface area contributed by atoms with Crippen LogP contribution in [0, 0.1) is 10.1 Å². The maximum atomic E-state index is 10.7. The van der Waals surface area contributed by atoms with Gasteiger partial charge in [0.25, 0.3) is 5.69 Å². The molecule has 0 aliphatic rings. The Labute approximate surface area is 192 Å². The molecule has 0 aliphatic carbocycles. The number of phenols is 1. The summed E-state index contributed by atoms with van der Waals surface area (Å²) in [6.45, 7) is 4.43. The van der Waals surface area contributed by atoms with Gasteiger partial charge < -0.3 is 20.5 Å². The molecule has 0 saturated carbocycles. The number of hydrogen-bond acceptors (Lipinski definition) is 8. The first-order valence-corrected chi connectivity index (χ1v) is 10.7. The highest BCUT2D eigenvalue weighted by atomic mass is 16.6. The van der Waals surface area contributed by atoms with Crippen LogP contribution in [0.15, 0.2) is 77.0 Å². The van der Waals surface area contributed by atoms with Crippen molar-refractivity contribution in [3.05, 3.63) is 82.4 Å². The lowest BCUT2D eigenvalue weighted by Gasteiger charge is -2.23. The molecule has 0 spiro atoms. The summed E-state index contributed by atoms with van der Waals surface area (Å²) < 4.78 is 5.76. The SMILES string of the molecule is CCN(CCOc1ccc(CCN)cc1O)c1ccc(N=Nc2ccc([N+](=O)[O-])cc2)cc1. The van der Waals surface area contributed by atoms with Crippen LogP contribution in [-0.2, 0) is 6.42 Å². The van der Waals surface area contributed by atoms with Crippen LogP contribution >= 0.6 is 0 Å². The lowest BCUT2D eigenvalue weighted by atomic mass is 10.1. The number of aromatic hydroxyl groups is 1. The van der Waals surface area contributed by atoms with Crippen molar-refractivity contribution >= 4 is 22.7 Å². The maximum Gasteiger partial charge on any atom is 0.269 e.